The van der Waals surface area contributed by atoms with Crippen LogP contribution < -0.4 is 10.1 Å². The van der Waals surface area contributed by atoms with Crippen LogP contribution in [0, 0.1) is 0 Å². The average Bonchev–Trinajstić information content (AvgIpc) is 2.58. The molecule has 1 heterocycles. The highest BCUT2D eigenvalue weighted by atomic mass is 35.5. The fourth-order valence-electron chi connectivity index (χ4n) is 2.46. The summed E-state index contributed by atoms with van der Waals surface area (Å²) in [6, 6.07) is 8.06. The summed E-state index contributed by atoms with van der Waals surface area (Å²) < 4.78 is 10.7. The monoisotopic (exact) mass is 342 g/mol. The molecule has 1 fully saturated rings. The lowest BCUT2D eigenvalue weighted by molar-refractivity contribution is -0.132. The minimum atomic E-state index is 0. The van der Waals surface area contributed by atoms with Crippen molar-refractivity contribution in [3.05, 3.63) is 29.8 Å². The Bertz CT molecular complexity index is 448. The SMILES string of the molecule is COCCc1ccc(OCCCC(=O)N2CCNCC2)cc1.Cl. The van der Waals surface area contributed by atoms with Crippen LogP contribution in [0.15, 0.2) is 24.3 Å². The van der Waals surface area contributed by atoms with Gasteiger partial charge in [-0.1, -0.05) is 12.1 Å². The van der Waals surface area contributed by atoms with Crippen molar-refractivity contribution in [2.45, 2.75) is 19.3 Å². The van der Waals surface area contributed by atoms with Gasteiger partial charge in [-0.25, -0.2) is 0 Å². The van der Waals surface area contributed by atoms with E-state index in [1.165, 1.54) is 5.56 Å². The Kier molecular flexibility index (Phi) is 9.67. The molecule has 1 aliphatic heterocycles. The van der Waals surface area contributed by atoms with Gasteiger partial charge in [0, 0.05) is 39.7 Å². The largest absolute Gasteiger partial charge is 0.494 e. The molecule has 1 aliphatic rings. The van der Waals surface area contributed by atoms with Gasteiger partial charge in [0.1, 0.15) is 5.75 Å². The van der Waals surface area contributed by atoms with E-state index in [0.717, 1.165) is 51.4 Å². The Morgan fingerprint density at radius 1 is 1.17 bits per heavy atom. The van der Waals surface area contributed by atoms with Crippen molar-refractivity contribution in [3.63, 3.8) is 0 Å². The molecule has 1 saturated heterocycles. The van der Waals surface area contributed by atoms with Crippen LogP contribution in [0.5, 0.6) is 5.75 Å². The van der Waals surface area contributed by atoms with E-state index in [-0.39, 0.29) is 18.3 Å². The van der Waals surface area contributed by atoms with Crippen molar-refractivity contribution in [1.82, 2.24) is 10.2 Å². The number of rotatable bonds is 8. The smallest absolute Gasteiger partial charge is 0.222 e. The number of carbonyl (C=O) groups is 1. The summed E-state index contributed by atoms with van der Waals surface area (Å²) in [6.45, 7) is 4.75. The van der Waals surface area contributed by atoms with Crippen molar-refractivity contribution in [2.75, 3.05) is 46.5 Å². The van der Waals surface area contributed by atoms with E-state index in [9.17, 15) is 4.79 Å². The zero-order chi connectivity index (χ0) is 15.6. The molecule has 1 amide bonds. The van der Waals surface area contributed by atoms with Crippen LogP contribution in [0.4, 0.5) is 0 Å². The van der Waals surface area contributed by atoms with Crippen LogP contribution in [-0.2, 0) is 16.0 Å². The van der Waals surface area contributed by atoms with Gasteiger partial charge in [-0.15, -0.1) is 12.4 Å². The van der Waals surface area contributed by atoms with Crippen molar-refractivity contribution in [1.29, 1.82) is 0 Å². The number of ether oxygens (including phenoxy) is 2. The summed E-state index contributed by atoms with van der Waals surface area (Å²) in [5.41, 5.74) is 1.24. The summed E-state index contributed by atoms with van der Waals surface area (Å²) in [5.74, 6) is 1.09. The first-order valence-corrected chi connectivity index (χ1v) is 7.99. The third-order valence-corrected chi connectivity index (χ3v) is 3.79. The van der Waals surface area contributed by atoms with E-state index < -0.39 is 0 Å². The van der Waals surface area contributed by atoms with E-state index in [1.54, 1.807) is 7.11 Å². The van der Waals surface area contributed by atoms with Gasteiger partial charge in [0.25, 0.3) is 0 Å². The van der Waals surface area contributed by atoms with Crippen molar-refractivity contribution < 1.29 is 14.3 Å². The topological polar surface area (TPSA) is 50.8 Å². The van der Waals surface area contributed by atoms with Crippen LogP contribution in [0.2, 0.25) is 0 Å². The lowest BCUT2D eigenvalue weighted by Crippen LogP contribution is -2.46. The predicted octanol–water partition coefficient (Wildman–Crippen LogP) is 1.89. The zero-order valence-corrected chi connectivity index (χ0v) is 14.6. The fraction of sp³-hybridized carbons (Fsp3) is 0.588. The maximum absolute atomic E-state index is 12.0. The van der Waals surface area contributed by atoms with Crippen molar-refractivity contribution in [3.8, 4) is 5.75 Å². The highest BCUT2D eigenvalue weighted by Crippen LogP contribution is 2.13. The molecule has 1 aromatic rings. The van der Waals surface area contributed by atoms with Crippen LogP contribution >= 0.6 is 12.4 Å². The summed E-state index contributed by atoms with van der Waals surface area (Å²) in [6.07, 6.45) is 2.23. The number of nitrogens with zero attached hydrogens (tertiary/aromatic N) is 1. The van der Waals surface area contributed by atoms with E-state index in [2.05, 4.69) is 17.4 Å². The average molecular weight is 343 g/mol. The number of hydrogen-bond donors (Lipinski definition) is 1. The maximum atomic E-state index is 12.0. The zero-order valence-electron chi connectivity index (χ0n) is 13.8. The van der Waals surface area contributed by atoms with E-state index >= 15 is 0 Å². The molecule has 0 bridgehead atoms. The first-order chi connectivity index (χ1) is 10.8. The number of hydrogen-bond acceptors (Lipinski definition) is 4. The fourth-order valence-corrected chi connectivity index (χ4v) is 2.46. The molecule has 2 rings (SSSR count). The molecule has 0 spiro atoms. The van der Waals surface area contributed by atoms with Gasteiger partial charge in [-0.3, -0.25) is 4.79 Å². The number of carbonyl (C=O) groups excluding carboxylic acids is 1. The number of nitrogens with one attached hydrogen (secondary N) is 1. The predicted molar refractivity (Wildman–Crippen MR) is 93.4 cm³/mol. The molecule has 5 nitrogen and oxygen atoms in total. The maximum Gasteiger partial charge on any atom is 0.222 e. The standard InChI is InChI=1S/C17H26N2O3.ClH/c1-21-14-8-15-4-6-16(7-5-15)22-13-2-3-17(20)19-11-9-18-10-12-19;/h4-7,18H,2-3,8-14H2,1H3;1H. The molecule has 0 aliphatic carbocycles. The second-order valence-electron chi connectivity index (χ2n) is 5.47. The molecule has 0 atom stereocenters. The van der Waals surface area contributed by atoms with Crippen molar-refractivity contribution in [2.24, 2.45) is 0 Å². The number of methoxy groups -OCH3 is 1. The normalized spacial score (nSPS) is 14.2. The van der Waals surface area contributed by atoms with Crippen LogP contribution in [-0.4, -0.2) is 57.3 Å². The highest BCUT2D eigenvalue weighted by molar-refractivity contribution is 5.85. The Morgan fingerprint density at radius 3 is 2.52 bits per heavy atom. The molecule has 23 heavy (non-hydrogen) atoms. The lowest BCUT2D eigenvalue weighted by atomic mass is 10.1. The van der Waals surface area contributed by atoms with Crippen LogP contribution in [0.1, 0.15) is 18.4 Å². The second kappa shape index (κ2) is 11.3. The first kappa shape index (κ1) is 19.7. The Hall–Kier alpha value is -1.30. The molecule has 130 valence electrons. The number of halogens is 1. The molecule has 0 unspecified atom stereocenters. The van der Waals surface area contributed by atoms with Gasteiger partial charge in [-0.2, -0.15) is 0 Å². The number of benzene rings is 1. The quantitative estimate of drug-likeness (QED) is 0.733. The van der Waals surface area contributed by atoms with Crippen LogP contribution in [0.25, 0.3) is 0 Å². The molecular weight excluding hydrogens is 316 g/mol. The molecule has 1 aromatic carbocycles. The summed E-state index contributed by atoms with van der Waals surface area (Å²) in [7, 11) is 1.71. The van der Waals surface area contributed by atoms with Gasteiger partial charge in [0.2, 0.25) is 5.91 Å². The van der Waals surface area contributed by atoms with E-state index in [1.807, 2.05) is 17.0 Å². The lowest BCUT2D eigenvalue weighted by Gasteiger charge is -2.27. The van der Waals surface area contributed by atoms with E-state index in [4.69, 9.17) is 9.47 Å². The molecule has 0 saturated carbocycles. The Labute approximate surface area is 144 Å². The molecule has 6 heteroatoms. The number of amides is 1. The third kappa shape index (κ3) is 7.20. The Balaban J connectivity index is 0.00000264. The summed E-state index contributed by atoms with van der Waals surface area (Å²) in [5, 5.41) is 3.25. The molecule has 1 N–H and O–H groups in total. The first-order valence-electron chi connectivity index (χ1n) is 7.99. The summed E-state index contributed by atoms with van der Waals surface area (Å²) in [4.78, 5) is 13.9. The highest BCUT2D eigenvalue weighted by Gasteiger charge is 2.15. The van der Waals surface area contributed by atoms with Crippen molar-refractivity contribution >= 4 is 18.3 Å². The van der Waals surface area contributed by atoms with Gasteiger partial charge < -0.3 is 19.7 Å². The summed E-state index contributed by atoms with van der Waals surface area (Å²) >= 11 is 0. The second-order valence-corrected chi connectivity index (χ2v) is 5.47. The van der Waals surface area contributed by atoms with Gasteiger partial charge in [0.15, 0.2) is 0 Å². The van der Waals surface area contributed by atoms with E-state index in [0.29, 0.717) is 13.0 Å². The van der Waals surface area contributed by atoms with Gasteiger partial charge in [-0.05, 0) is 30.5 Å². The minimum Gasteiger partial charge on any atom is -0.494 e. The molecular formula is C17H27ClN2O3. The number of piperazine rings is 1. The molecule has 0 aromatic heterocycles. The Morgan fingerprint density at radius 2 is 1.87 bits per heavy atom. The molecule has 0 radical (unpaired) electrons. The van der Waals surface area contributed by atoms with Gasteiger partial charge >= 0.3 is 0 Å². The third-order valence-electron chi connectivity index (χ3n) is 3.79. The van der Waals surface area contributed by atoms with Crippen LogP contribution in [0.3, 0.4) is 0 Å². The minimum absolute atomic E-state index is 0. The van der Waals surface area contributed by atoms with Gasteiger partial charge in [0.05, 0.1) is 13.2 Å².